The molecule has 0 bridgehead atoms. The third-order valence-electron chi connectivity index (χ3n) is 5.64. The van der Waals surface area contributed by atoms with E-state index in [0.29, 0.717) is 0 Å². The number of unbranched alkanes of at least 4 members (excludes halogenated alkanes) is 22. The summed E-state index contributed by atoms with van der Waals surface area (Å²) in [5.41, 5.74) is 0. The molecule has 0 aromatic heterocycles. The molecule has 0 saturated heterocycles. The van der Waals surface area contributed by atoms with Crippen molar-refractivity contribution in [2.24, 2.45) is 0 Å². The van der Waals surface area contributed by atoms with Gasteiger partial charge in [0.15, 0.2) is 0 Å². The highest BCUT2D eigenvalue weighted by Crippen LogP contribution is 2.15. The van der Waals surface area contributed by atoms with Gasteiger partial charge in [-0.3, -0.25) is 0 Å². The lowest BCUT2D eigenvalue weighted by molar-refractivity contribution is -0.108. The molecule has 2 nitrogen and oxygen atoms in total. The topological polar surface area (TPSA) is 34.1 Å². The van der Waals surface area contributed by atoms with Crippen LogP contribution in [0.2, 0.25) is 0 Å². The van der Waals surface area contributed by atoms with Crippen LogP contribution in [-0.2, 0) is 9.59 Å². The van der Waals surface area contributed by atoms with Crippen molar-refractivity contribution in [2.75, 3.05) is 0 Å². The highest BCUT2D eigenvalue weighted by atomic mass is 16.1. The van der Waals surface area contributed by atoms with Crippen molar-refractivity contribution in [3.63, 3.8) is 0 Å². The molecule has 0 heterocycles. The molecule has 0 rings (SSSR count). The lowest BCUT2D eigenvalue weighted by Gasteiger charge is -2.04. The van der Waals surface area contributed by atoms with Crippen molar-refractivity contribution in [2.45, 2.75) is 148 Å². The first kappa shape index (κ1) is 26.3. The molecule has 0 atom stereocenters. The zero-order valence-electron chi connectivity index (χ0n) is 18.2. The minimum atomic E-state index is 0.754. The van der Waals surface area contributed by atoms with E-state index in [1.165, 1.54) is 122 Å². The molecule has 0 aromatic carbocycles. The molecular formula is C25H48O2. The molecule has 27 heavy (non-hydrogen) atoms. The summed E-state index contributed by atoms with van der Waals surface area (Å²) in [6, 6.07) is 0. The Kier molecular flexibility index (Phi) is 24.7. The fourth-order valence-corrected chi connectivity index (χ4v) is 3.81. The summed E-state index contributed by atoms with van der Waals surface area (Å²) < 4.78 is 0. The summed E-state index contributed by atoms with van der Waals surface area (Å²) in [6.45, 7) is 0. The summed E-state index contributed by atoms with van der Waals surface area (Å²) in [6.07, 6.45) is 32.1. The quantitative estimate of drug-likeness (QED) is 0.124. The van der Waals surface area contributed by atoms with Gasteiger partial charge in [-0.1, -0.05) is 122 Å². The third-order valence-corrected chi connectivity index (χ3v) is 5.64. The molecule has 0 aliphatic carbocycles. The zero-order chi connectivity index (χ0) is 19.7. The summed E-state index contributed by atoms with van der Waals surface area (Å²) in [5, 5.41) is 0. The van der Waals surface area contributed by atoms with Crippen molar-refractivity contribution >= 4 is 12.6 Å². The summed E-state index contributed by atoms with van der Waals surface area (Å²) in [4.78, 5) is 20.4. The first-order valence-electron chi connectivity index (χ1n) is 12.3. The second-order valence-electron chi connectivity index (χ2n) is 8.34. The fraction of sp³-hybridized carbons (Fsp3) is 0.920. The molecule has 0 saturated carbocycles. The van der Waals surface area contributed by atoms with E-state index in [4.69, 9.17) is 0 Å². The van der Waals surface area contributed by atoms with Crippen LogP contribution < -0.4 is 0 Å². The molecule has 0 N–H and O–H groups in total. The van der Waals surface area contributed by atoms with Crippen LogP contribution in [-0.4, -0.2) is 12.6 Å². The van der Waals surface area contributed by atoms with Gasteiger partial charge in [0.1, 0.15) is 12.6 Å². The van der Waals surface area contributed by atoms with Crippen molar-refractivity contribution in [3.8, 4) is 0 Å². The lowest BCUT2D eigenvalue weighted by atomic mass is 10.0. The average Bonchev–Trinajstić information content (AvgIpc) is 2.68. The van der Waals surface area contributed by atoms with E-state index in [1.807, 2.05) is 0 Å². The minimum absolute atomic E-state index is 0.754. The van der Waals surface area contributed by atoms with E-state index in [0.717, 1.165) is 38.3 Å². The van der Waals surface area contributed by atoms with Gasteiger partial charge in [0, 0.05) is 12.8 Å². The second-order valence-corrected chi connectivity index (χ2v) is 8.34. The van der Waals surface area contributed by atoms with Gasteiger partial charge >= 0.3 is 0 Å². The Morgan fingerprint density at radius 2 is 0.407 bits per heavy atom. The number of carbonyl (C=O) groups excluding carboxylic acids is 2. The van der Waals surface area contributed by atoms with E-state index < -0.39 is 0 Å². The first-order chi connectivity index (χ1) is 13.4. The van der Waals surface area contributed by atoms with E-state index in [1.54, 1.807) is 0 Å². The van der Waals surface area contributed by atoms with Crippen LogP contribution in [0.4, 0.5) is 0 Å². The average molecular weight is 381 g/mol. The SMILES string of the molecule is O=CCCCCCCCCCCCCCCCCCCCCCCCC=O. The predicted octanol–water partition coefficient (Wildman–Crippen LogP) is 8.36. The van der Waals surface area contributed by atoms with Gasteiger partial charge in [0.2, 0.25) is 0 Å². The second kappa shape index (κ2) is 25.3. The van der Waals surface area contributed by atoms with Crippen LogP contribution in [0.3, 0.4) is 0 Å². The van der Waals surface area contributed by atoms with E-state index in [9.17, 15) is 9.59 Å². The Morgan fingerprint density at radius 3 is 0.556 bits per heavy atom. The van der Waals surface area contributed by atoms with E-state index in [-0.39, 0.29) is 0 Å². The van der Waals surface area contributed by atoms with Crippen LogP contribution in [0.5, 0.6) is 0 Å². The van der Waals surface area contributed by atoms with Gasteiger partial charge < -0.3 is 9.59 Å². The maximum Gasteiger partial charge on any atom is 0.119 e. The Morgan fingerprint density at radius 1 is 0.259 bits per heavy atom. The normalized spacial score (nSPS) is 11.0. The minimum Gasteiger partial charge on any atom is -0.303 e. The predicted molar refractivity (Wildman–Crippen MR) is 118 cm³/mol. The number of aldehydes is 2. The number of hydrogen-bond acceptors (Lipinski definition) is 2. The van der Waals surface area contributed by atoms with Crippen molar-refractivity contribution < 1.29 is 9.59 Å². The number of hydrogen-bond donors (Lipinski definition) is 0. The molecule has 0 unspecified atom stereocenters. The molecule has 0 spiro atoms. The van der Waals surface area contributed by atoms with Crippen molar-refractivity contribution in [1.29, 1.82) is 0 Å². The smallest absolute Gasteiger partial charge is 0.119 e. The fourth-order valence-electron chi connectivity index (χ4n) is 3.81. The van der Waals surface area contributed by atoms with E-state index >= 15 is 0 Å². The van der Waals surface area contributed by atoms with Crippen LogP contribution >= 0.6 is 0 Å². The van der Waals surface area contributed by atoms with Crippen LogP contribution in [0, 0.1) is 0 Å². The molecule has 0 fully saturated rings. The molecule has 160 valence electrons. The Hall–Kier alpha value is -0.660. The van der Waals surface area contributed by atoms with Crippen molar-refractivity contribution in [1.82, 2.24) is 0 Å². The van der Waals surface area contributed by atoms with Gasteiger partial charge in [0.25, 0.3) is 0 Å². The third kappa shape index (κ3) is 25.3. The van der Waals surface area contributed by atoms with Crippen LogP contribution in [0.25, 0.3) is 0 Å². The maximum atomic E-state index is 10.2. The van der Waals surface area contributed by atoms with Gasteiger partial charge in [-0.25, -0.2) is 0 Å². The summed E-state index contributed by atoms with van der Waals surface area (Å²) in [7, 11) is 0. The summed E-state index contributed by atoms with van der Waals surface area (Å²) in [5.74, 6) is 0. The molecule has 0 amide bonds. The molecule has 0 radical (unpaired) electrons. The van der Waals surface area contributed by atoms with Gasteiger partial charge in [-0.15, -0.1) is 0 Å². The Bertz CT molecular complexity index is 260. The Labute approximate surface area is 170 Å². The Balaban J connectivity index is 2.97. The molecule has 0 aliphatic heterocycles. The largest absolute Gasteiger partial charge is 0.303 e. The standard InChI is InChI=1S/C25H48O2/c26-24-22-20-18-16-14-12-10-8-6-4-2-1-3-5-7-9-11-13-15-17-19-21-23-25-27/h24-25H,1-23H2. The zero-order valence-corrected chi connectivity index (χ0v) is 18.2. The highest BCUT2D eigenvalue weighted by molar-refractivity contribution is 5.49. The molecule has 0 aliphatic rings. The molecule has 2 heteroatoms. The first-order valence-corrected chi connectivity index (χ1v) is 12.3. The van der Waals surface area contributed by atoms with Gasteiger partial charge in [-0.2, -0.15) is 0 Å². The highest BCUT2D eigenvalue weighted by Gasteiger charge is 1.95. The lowest BCUT2D eigenvalue weighted by Crippen LogP contribution is -1.84. The van der Waals surface area contributed by atoms with Crippen LogP contribution in [0.1, 0.15) is 148 Å². The van der Waals surface area contributed by atoms with Gasteiger partial charge in [-0.05, 0) is 12.8 Å². The van der Waals surface area contributed by atoms with Crippen molar-refractivity contribution in [3.05, 3.63) is 0 Å². The molecule has 0 aromatic rings. The summed E-state index contributed by atoms with van der Waals surface area (Å²) >= 11 is 0. The maximum absolute atomic E-state index is 10.2. The molecular weight excluding hydrogens is 332 g/mol. The number of rotatable bonds is 24. The van der Waals surface area contributed by atoms with Gasteiger partial charge in [0.05, 0.1) is 0 Å². The monoisotopic (exact) mass is 380 g/mol. The number of carbonyl (C=O) groups is 2. The van der Waals surface area contributed by atoms with Crippen LogP contribution in [0.15, 0.2) is 0 Å². The van der Waals surface area contributed by atoms with E-state index in [2.05, 4.69) is 0 Å².